The van der Waals surface area contributed by atoms with E-state index in [0.29, 0.717) is 29.8 Å². The van der Waals surface area contributed by atoms with E-state index in [1.165, 1.54) is 0 Å². The molecule has 1 aliphatic rings. The van der Waals surface area contributed by atoms with Gasteiger partial charge in [-0.25, -0.2) is 0 Å². The summed E-state index contributed by atoms with van der Waals surface area (Å²) in [5.41, 5.74) is 1.88. The number of hydrogen-bond donors (Lipinski definition) is 1. The largest absolute Gasteiger partial charge is 0.352 e. The van der Waals surface area contributed by atoms with E-state index in [2.05, 4.69) is 25.3 Å². The highest BCUT2D eigenvalue weighted by molar-refractivity contribution is 6.30. The third-order valence-corrected chi connectivity index (χ3v) is 5.32. The second-order valence-corrected chi connectivity index (χ2v) is 7.58. The lowest BCUT2D eigenvalue weighted by Crippen LogP contribution is -2.40. The van der Waals surface area contributed by atoms with E-state index in [1.807, 2.05) is 36.4 Å². The predicted octanol–water partition coefficient (Wildman–Crippen LogP) is 3.31. The zero-order chi connectivity index (χ0) is 20.1. The average molecular weight is 412 g/mol. The molecule has 150 valence electrons. The van der Waals surface area contributed by atoms with Gasteiger partial charge in [0, 0.05) is 35.4 Å². The molecule has 3 aromatic rings. The molecular weight excluding hydrogens is 390 g/mol. The zero-order valence-electron chi connectivity index (χ0n) is 15.9. The lowest BCUT2D eigenvalue weighted by atomic mass is 9.96. The third kappa shape index (κ3) is 5.19. The molecule has 0 aliphatic carbocycles. The zero-order valence-corrected chi connectivity index (χ0v) is 16.7. The predicted molar refractivity (Wildman–Crippen MR) is 109 cm³/mol. The summed E-state index contributed by atoms with van der Waals surface area (Å²) in [7, 11) is 0. The van der Waals surface area contributed by atoms with Crippen LogP contribution in [0.4, 0.5) is 0 Å². The maximum atomic E-state index is 12.4. The number of nitrogens with one attached hydrogen (secondary N) is 1. The summed E-state index contributed by atoms with van der Waals surface area (Å²) < 4.78 is 5.39. The minimum atomic E-state index is 0.0396. The molecule has 29 heavy (non-hydrogen) atoms. The third-order valence-electron chi connectivity index (χ3n) is 5.08. The summed E-state index contributed by atoms with van der Waals surface area (Å²) in [4.78, 5) is 23.1. The van der Waals surface area contributed by atoms with Gasteiger partial charge in [0.25, 0.3) is 0 Å². The Kier molecular flexibility index (Phi) is 6.17. The fourth-order valence-corrected chi connectivity index (χ4v) is 3.63. The van der Waals surface area contributed by atoms with Crippen LogP contribution < -0.4 is 5.32 Å². The number of carbonyl (C=O) groups is 1. The fraction of sp³-hybridized carbons (Fsp3) is 0.333. The van der Waals surface area contributed by atoms with Gasteiger partial charge in [0.1, 0.15) is 0 Å². The molecule has 2 aromatic heterocycles. The summed E-state index contributed by atoms with van der Waals surface area (Å²) in [6, 6.07) is 11.2. The van der Waals surface area contributed by atoms with Crippen LogP contribution in [0.3, 0.4) is 0 Å². The second-order valence-electron chi connectivity index (χ2n) is 7.15. The number of piperidine rings is 1. The van der Waals surface area contributed by atoms with Crippen LogP contribution in [-0.4, -0.2) is 39.0 Å². The van der Waals surface area contributed by atoms with Crippen molar-refractivity contribution in [1.29, 1.82) is 0 Å². The number of halogens is 1. The molecule has 7 nitrogen and oxygen atoms in total. The van der Waals surface area contributed by atoms with Gasteiger partial charge >= 0.3 is 0 Å². The van der Waals surface area contributed by atoms with Gasteiger partial charge in [0.15, 0.2) is 0 Å². The van der Waals surface area contributed by atoms with Crippen LogP contribution in [0.25, 0.3) is 11.4 Å². The first-order valence-electron chi connectivity index (χ1n) is 9.65. The van der Waals surface area contributed by atoms with Crippen molar-refractivity contribution in [2.24, 2.45) is 5.92 Å². The molecule has 0 atom stereocenters. The number of benzene rings is 1. The molecule has 0 unspecified atom stereocenters. The number of aromatic nitrogens is 3. The molecule has 1 saturated heterocycles. The summed E-state index contributed by atoms with van der Waals surface area (Å²) >= 11 is 6.02. The van der Waals surface area contributed by atoms with Gasteiger partial charge in [-0.3, -0.25) is 14.7 Å². The second kappa shape index (κ2) is 9.15. The molecule has 0 saturated carbocycles. The van der Waals surface area contributed by atoms with E-state index < -0.39 is 0 Å². The minimum absolute atomic E-state index is 0.0396. The Morgan fingerprint density at radius 3 is 2.76 bits per heavy atom. The van der Waals surface area contributed by atoms with Crippen LogP contribution in [0, 0.1) is 5.92 Å². The van der Waals surface area contributed by atoms with E-state index >= 15 is 0 Å². The molecule has 4 rings (SSSR count). The standard InChI is InChI=1S/C21H22ClN5O2/c22-18-3-1-2-17(12-18)20-25-19(29-26-20)14-27-10-6-16(7-11-27)21(28)24-13-15-4-8-23-9-5-15/h1-5,8-9,12,16H,6-7,10-11,13-14H2,(H,24,28). The topological polar surface area (TPSA) is 84.2 Å². The Bertz CT molecular complexity index is 954. The van der Waals surface area contributed by atoms with E-state index in [9.17, 15) is 4.79 Å². The molecule has 1 amide bonds. The highest BCUT2D eigenvalue weighted by atomic mass is 35.5. The smallest absolute Gasteiger partial charge is 0.241 e. The molecule has 1 N–H and O–H groups in total. The van der Waals surface area contributed by atoms with E-state index in [-0.39, 0.29) is 11.8 Å². The van der Waals surface area contributed by atoms with E-state index in [0.717, 1.165) is 37.1 Å². The SMILES string of the molecule is O=C(NCc1ccncc1)C1CCN(Cc2nc(-c3cccc(Cl)c3)no2)CC1. The average Bonchev–Trinajstić information content (AvgIpc) is 3.22. The lowest BCUT2D eigenvalue weighted by molar-refractivity contribution is -0.126. The van der Waals surface area contributed by atoms with Crippen molar-refractivity contribution >= 4 is 17.5 Å². The number of rotatable bonds is 6. The van der Waals surface area contributed by atoms with Crippen molar-refractivity contribution in [2.45, 2.75) is 25.9 Å². The molecule has 0 bridgehead atoms. The van der Waals surface area contributed by atoms with Crippen LogP contribution in [0.5, 0.6) is 0 Å². The quantitative estimate of drug-likeness (QED) is 0.669. The van der Waals surface area contributed by atoms with Gasteiger partial charge in [-0.1, -0.05) is 28.9 Å². The van der Waals surface area contributed by atoms with Gasteiger partial charge in [-0.05, 0) is 55.8 Å². The van der Waals surface area contributed by atoms with Gasteiger partial charge in [0.05, 0.1) is 6.54 Å². The molecule has 0 spiro atoms. The van der Waals surface area contributed by atoms with Gasteiger partial charge in [0.2, 0.25) is 17.6 Å². The normalized spacial score (nSPS) is 15.3. The Morgan fingerprint density at radius 1 is 1.21 bits per heavy atom. The molecule has 3 heterocycles. The number of carbonyl (C=O) groups excluding carboxylic acids is 1. The summed E-state index contributed by atoms with van der Waals surface area (Å²) in [5, 5.41) is 7.71. The Hall–Kier alpha value is -2.77. The van der Waals surface area contributed by atoms with Crippen molar-refractivity contribution in [3.05, 3.63) is 65.3 Å². The first kappa shape index (κ1) is 19.5. The van der Waals surface area contributed by atoms with Crippen LogP contribution in [0.1, 0.15) is 24.3 Å². The molecular formula is C21H22ClN5O2. The van der Waals surface area contributed by atoms with Gasteiger partial charge < -0.3 is 9.84 Å². The minimum Gasteiger partial charge on any atom is -0.352 e. The number of nitrogens with zero attached hydrogens (tertiary/aromatic N) is 4. The van der Waals surface area contributed by atoms with E-state index in [1.54, 1.807) is 12.4 Å². The highest BCUT2D eigenvalue weighted by Crippen LogP contribution is 2.22. The summed E-state index contributed by atoms with van der Waals surface area (Å²) in [6.45, 7) is 2.76. The van der Waals surface area contributed by atoms with Crippen LogP contribution in [0.2, 0.25) is 5.02 Å². The Labute approximate surface area is 174 Å². The molecule has 1 aliphatic heterocycles. The molecule has 8 heteroatoms. The van der Waals surface area contributed by atoms with Crippen LogP contribution >= 0.6 is 11.6 Å². The number of hydrogen-bond acceptors (Lipinski definition) is 6. The molecule has 0 radical (unpaired) electrons. The van der Waals surface area contributed by atoms with Crippen molar-refractivity contribution in [2.75, 3.05) is 13.1 Å². The molecule has 1 aromatic carbocycles. The van der Waals surface area contributed by atoms with Gasteiger partial charge in [-0.2, -0.15) is 4.98 Å². The van der Waals surface area contributed by atoms with Crippen molar-refractivity contribution in [3.8, 4) is 11.4 Å². The first-order valence-corrected chi connectivity index (χ1v) is 10.0. The maximum absolute atomic E-state index is 12.4. The molecule has 1 fully saturated rings. The maximum Gasteiger partial charge on any atom is 0.241 e. The lowest BCUT2D eigenvalue weighted by Gasteiger charge is -2.30. The van der Waals surface area contributed by atoms with Crippen LogP contribution in [-0.2, 0) is 17.9 Å². The van der Waals surface area contributed by atoms with Gasteiger partial charge in [-0.15, -0.1) is 0 Å². The summed E-state index contributed by atoms with van der Waals surface area (Å²) in [6.07, 6.45) is 5.10. The van der Waals surface area contributed by atoms with Crippen molar-refractivity contribution < 1.29 is 9.32 Å². The number of pyridine rings is 1. The number of amides is 1. The van der Waals surface area contributed by atoms with Crippen LogP contribution in [0.15, 0.2) is 53.3 Å². The first-order chi connectivity index (χ1) is 14.2. The monoisotopic (exact) mass is 411 g/mol. The van der Waals surface area contributed by atoms with Crippen molar-refractivity contribution in [3.63, 3.8) is 0 Å². The fourth-order valence-electron chi connectivity index (χ4n) is 3.44. The highest BCUT2D eigenvalue weighted by Gasteiger charge is 2.25. The van der Waals surface area contributed by atoms with Crippen molar-refractivity contribution in [1.82, 2.24) is 25.3 Å². The number of likely N-dealkylation sites (tertiary alicyclic amines) is 1. The Balaban J connectivity index is 1.25. The van der Waals surface area contributed by atoms with E-state index in [4.69, 9.17) is 16.1 Å². The Morgan fingerprint density at radius 2 is 2.00 bits per heavy atom. The summed E-state index contributed by atoms with van der Waals surface area (Å²) in [5.74, 6) is 1.26.